The molecule has 84 valence electrons. The number of hydrogen-bond acceptors (Lipinski definition) is 2. The zero-order valence-electron chi connectivity index (χ0n) is 8.58. The molecule has 0 amide bonds. The molecule has 1 atom stereocenters. The highest BCUT2D eigenvalue weighted by atomic mass is 79.9. The van der Waals surface area contributed by atoms with Crippen molar-refractivity contribution in [1.82, 2.24) is 0 Å². The molecule has 2 rings (SSSR count). The maximum Gasteiger partial charge on any atom is 0.183 e. The molecule has 0 radical (unpaired) electrons. The number of rotatable bonds is 2. The standard InChI is InChI=1S/C12H10Br2O2/c1-7-3-2-4-8(5-7)11(15)10-6-9(13)12(14)16-10/h2-6,11,15H,1H3. The van der Waals surface area contributed by atoms with Gasteiger partial charge in [0, 0.05) is 0 Å². The van der Waals surface area contributed by atoms with Crippen molar-refractivity contribution in [2.75, 3.05) is 0 Å². The molecule has 0 aliphatic heterocycles. The second-order valence-corrected chi connectivity index (χ2v) is 5.16. The van der Waals surface area contributed by atoms with E-state index in [1.54, 1.807) is 6.07 Å². The van der Waals surface area contributed by atoms with Crippen molar-refractivity contribution in [3.63, 3.8) is 0 Å². The molecule has 0 saturated carbocycles. The van der Waals surface area contributed by atoms with Gasteiger partial charge >= 0.3 is 0 Å². The van der Waals surface area contributed by atoms with Crippen molar-refractivity contribution in [3.8, 4) is 0 Å². The van der Waals surface area contributed by atoms with Gasteiger partial charge in [0.2, 0.25) is 0 Å². The molecule has 16 heavy (non-hydrogen) atoms. The fraction of sp³-hybridized carbons (Fsp3) is 0.167. The van der Waals surface area contributed by atoms with Crippen LogP contribution in [0.4, 0.5) is 0 Å². The normalized spacial score (nSPS) is 12.8. The topological polar surface area (TPSA) is 33.4 Å². The lowest BCUT2D eigenvalue weighted by atomic mass is 10.1. The van der Waals surface area contributed by atoms with Gasteiger partial charge in [-0.2, -0.15) is 0 Å². The van der Waals surface area contributed by atoms with Crippen molar-refractivity contribution in [2.24, 2.45) is 0 Å². The molecule has 0 aliphatic rings. The van der Waals surface area contributed by atoms with E-state index in [2.05, 4.69) is 31.9 Å². The Hall–Kier alpha value is -0.580. The lowest BCUT2D eigenvalue weighted by Gasteiger charge is -2.08. The quantitative estimate of drug-likeness (QED) is 0.885. The number of aliphatic hydroxyl groups is 1. The molecule has 1 aromatic heterocycles. The van der Waals surface area contributed by atoms with Gasteiger partial charge in [-0.15, -0.1) is 0 Å². The summed E-state index contributed by atoms with van der Waals surface area (Å²) in [5.74, 6) is 0.518. The molecule has 0 saturated heterocycles. The summed E-state index contributed by atoms with van der Waals surface area (Å²) in [6, 6.07) is 9.49. The van der Waals surface area contributed by atoms with Gasteiger partial charge in [0.15, 0.2) is 4.67 Å². The maximum atomic E-state index is 10.1. The smallest absolute Gasteiger partial charge is 0.183 e. The van der Waals surface area contributed by atoms with E-state index in [0.717, 1.165) is 15.6 Å². The van der Waals surface area contributed by atoms with Gasteiger partial charge in [0.05, 0.1) is 4.47 Å². The SMILES string of the molecule is Cc1cccc(C(O)c2cc(Br)c(Br)o2)c1. The minimum absolute atomic E-state index is 0.518. The molecule has 0 spiro atoms. The van der Waals surface area contributed by atoms with Gasteiger partial charge in [-0.1, -0.05) is 29.8 Å². The molecule has 1 unspecified atom stereocenters. The summed E-state index contributed by atoms with van der Waals surface area (Å²) in [5.41, 5.74) is 1.94. The van der Waals surface area contributed by atoms with Crippen LogP contribution in [0.5, 0.6) is 0 Å². The Balaban J connectivity index is 2.35. The van der Waals surface area contributed by atoms with Crippen LogP contribution in [0.25, 0.3) is 0 Å². The van der Waals surface area contributed by atoms with Crippen LogP contribution in [-0.2, 0) is 0 Å². The third-order valence-electron chi connectivity index (χ3n) is 2.29. The van der Waals surface area contributed by atoms with Crippen LogP contribution in [0.3, 0.4) is 0 Å². The minimum Gasteiger partial charge on any atom is -0.450 e. The lowest BCUT2D eigenvalue weighted by molar-refractivity contribution is 0.187. The summed E-state index contributed by atoms with van der Waals surface area (Å²) in [7, 11) is 0. The summed E-state index contributed by atoms with van der Waals surface area (Å²) < 4.78 is 6.78. The van der Waals surface area contributed by atoms with E-state index in [9.17, 15) is 5.11 Å². The monoisotopic (exact) mass is 344 g/mol. The number of hydrogen-bond donors (Lipinski definition) is 1. The number of aryl methyl sites for hydroxylation is 1. The Labute approximate surface area is 111 Å². The zero-order valence-corrected chi connectivity index (χ0v) is 11.7. The molecule has 1 N–H and O–H groups in total. The fourth-order valence-electron chi connectivity index (χ4n) is 1.50. The minimum atomic E-state index is -0.734. The maximum absolute atomic E-state index is 10.1. The highest BCUT2D eigenvalue weighted by Gasteiger charge is 2.16. The third kappa shape index (κ3) is 2.39. The van der Waals surface area contributed by atoms with E-state index >= 15 is 0 Å². The first-order chi connectivity index (χ1) is 7.58. The lowest BCUT2D eigenvalue weighted by Crippen LogP contribution is -1.97. The molecule has 4 heteroatoms. The predicted octanol–water partition coefficient (Wildman–Crippen LogP) is 4.19. The first-order valence-corrected chi connectivity index (χ1v) is 6.36. The van der Waals surface area contributed by atoms with Crippen molar-refractivity contribution in [1.29, 1.82) is 0 Å². The first kappa shape index (κ1) is 11.9. The first-order valence-electron chi connectivity index (χ1n) is 4.77. The molecule has 0 fully saturated rings. The second-order valence-electron chi connectivity index (χ2n) is 3.59. The highest BCUT2D eigenvalue weighted by molar-refractivity contribution is 9.13. The molecule has 0 bridgehead atoms. The molecular weight excluding hydrogens is 336 g/mol. The molecular formula is C12H10Br2O2. The van der Waals surface area contributed by atoms with Gasteiger partial charge in [0.25, 0.3) is 0 Å². The third-order valence-corrected chi connectivity index (χ3v) is 4.00. The Morgan fingerprint density at radius 1 is 1.25 bits per heavy atom. The van der Waals surface area contributed by atoms with Gasteiger partial charge in [0.1, 0.15) is 11.9 Å². The van der Waals surface area contributed by atoms with E-state index < -0.39 is 6.10 Å². The van der Waals surface area contributed by atoms with Gasteiger partial charge in [-0.05, 0) is 50.4 Å². The molecule has 2 aromatic rings. The van der Waals surface area contributed by atoms with Crippen LogP contribution in [0.2, 0.25) is 0 Å². The van der Waals surface area contributed by atoms with E-state index in [-0.39, 0.29) is 0 Å². The van der Waals surface area contributed by atoms with Crippen LogP contribution >= 0.6 is 31.9 Å². The van der Waals surface area contributed by atoms with Crippen LogP contribution in [0.15, 0.2) is 43.9 Å². The Morgan fingerprint density at radius 2 is 2.00 bits per heavy atom. The molecule has 0 aliphatic carbocycles. The number of aliphatic hydroxyl groups excluding tert-OH is 1. The Bertz CT molecular complexity index is 486. The fourth-order valence-corrected chi connectivity index (χ4v) is 2.11. The Morgan fingerprint density at radius 3 is 2.56 bits per heavy atom. The van der Waals surface area contributed by atoms with E-state index in [1.165, 1.54) is 0 Å². The summed E-state index contributed by atoms with van der Waals surface area (Å²) in [4.78, 5) is 0. The van der Waals surface area contributed by atoms with E-state index in [0.29, 0.717) is 10.4 Å². The van der Waals surface area contributed by atoms with Crippen molar-refractivity contribution in [3.05, 3.63) is 56.4 Å². The van der Waals surface area contributed by atoms with Crippen molar-refractivity contribution in [2.45, 2.75) is 13.0 Å². The van der Waals surface area contributed by atoms with Crippen LogP contribution in [-0.4, -0.2) is 5.11 Å². The largest absolute Gasteiger partial charge is 0.450 e. The number of halogens is 2. The van der Waals surface area contributed by atoms with E-state index in [1.807, 2.05) is 31.2 Å². The number of benzene rings is 1. The molecule has 1 heterocycles. The Kier molecular flexibility index (Phi) is 3.52. The van der Waals surface area contributed by atoms with Crippen LogP contribution in [0.1, 0.15) is 23.0 Å². The van der Waals surface area contributed by atoms with Crippen LogP contribution < -0.4 is 0 Å². The average Bonchev–Trinajstić information content (AvgIpc) is 2.58. The van der Waals surface area contributed by atoms with Crippen molar-refractivity contribution >= 4 is 31.9 Å². The van der Waals surface area contributed by atoms with Crippen LogP contribution in [0, 0.1) is 6.92 Å². The summed E-state index contributed by atoms with van der Waals surface area (Å²) in [6.45, 7) is 1.99. The van der Waals surface area contributed by atoms with Gasteiger partial charge < -0.3 is 9.52 Å². The average molecular weight is 346 g/mol. The van der Waals surface area contributed by atoms with Crippen molar-refractivity contribution < 1.29 is 9.52 Å². The summed E-state index contributed by atoms with van der Waals surface area (Å²) in [6.07, 6.45) is -0.734. The van der Waals surface area contributed by atoms with Gasteiger partial charge in [-0.25, -0.2) is 0 Å². The predicted molar refractivity (Wildman–Crippen MR) is 69.3 cm³/mol. The molecule has 2 nitrogen and oxygen atoms in total. The van der Waals surface area contributed by atoms with E-state index in [4.69, 9.17) is 4.42 Å². The summed E-state index contributed by atoms with van der Waals surface area (Å²) in [5, 5.41) is 10.1. The number of furan rings is 1. The van der Waals surface area contributed by atoms with Gasteiger partial charge in [-0.3, -0.25) is 0 Å². The second kappa shape index (κ2) is 4.73. The highest BCUT2D eigenvalue weighted by Crippen LogP contribution is 2.32. The summed E-state index contributed by atoms with van der Waals surface area (Å²) >= 11 is 6.57. The zero-order chi connectivity index (χ0) is 11.7. The molecule has 1 aromatic carbocycles.